The fraction of sp³-hybridized carbons (Fsp3) is 0.600. The monoisotopic (exact) mass is 407 g/mol. The Morgan fingerprint density at radius 3 is 2.81 bits per heavy atom. The van der Waals surface area contributed by atoms with E-state index in [1.165, 1.54) is 5.56 Å². The van der Waals surface area contributed by atoms with Crippen molar-refractivity contribution >= 4 is 44.2 Å². The molecule has 0 saturated carbocycles. The summed E-state index contributed by atoms with van der Waals surface area (Å²) in [4.78, 5) is 21.6. The number of anilines is 1. The van der Waals surface area contributed by atoms with Crippen molar-refractivity contribution in [2.45, 2.75) is 26.2 Å². The van der Waals surface area contributed by atoms with E-state index in [0.717, 1.165) is 59.3 Å². The fourth-order valence-electron chi connectivity index (χ4n) is 4.05. The highest BCUT2D eigenvalue weighted by Crippen LogP contribution is 2.36. The number of ether oxygens (including phenoxy) is 1. The maximum atomic E-state index is 12.5. The summed E-state index contributed by atoms with van der Waals surface area (Å²) in [6.07, 6.45) is 3.03. The van der Waals surface area contributed by atoms with Crippen molar-refractivity contribution in [3.05, 3.63) is 22.7 Å². The van der Waals surface area contributed by atoms with Gasteiger partial charge in [-0.25, -0.2) is 4.98 Å². The molecule has 5 nitrogen and oxygen atoms in total. The average Bonchev–Trinajstić information content (AvgIpc) is 3.35. The molecule has 0 N–H and O–H groups in total. The molecule has 0 bridgehead atoms. The van der Waals surface area contributed by atoms with Gasteiger partial charge in [-0.05, 0) is 43.7 Å². The van der Waals surface area contributed by atoms with Crippen molar-refractivity contribution in [3.63, 3.8) is 0 Å². The van der Waals surface area contributed by atoms with Crippen LogP contribution in [-0.4, -0.2) is 55.7 Å². The fourth-order valence-corrected chi connectivity index (χ4v) is 5.42. The van der Waals surface area contributed by atoms with Crippen LogP contribution in [0.4, 0.5) is 5.13 Å². The van der Waals surface area contributed by atoms with E-state index in [0.29, 0.717) is 19.1 Å². The summed E-state index contributed by atoms with van der Waals surface area (Å²) in [5.41, 5.74) is 2.19. The van der Waals surface area contributed by atoms with Crippen LogP contribution in [-0.2, 0) is 9.53 Å². The molecule has 1 aromatic heterocycles. The number of nitrogens with zero attached hydrogens (tertiary/aromatic N) is 3. The molecule has 2 saturated heterocycles. The SMILES string of the molecule is Cc1ccc(Cl)c2sc(N3CCC(CN(C)C(=O)C4CCOC4)CC3)nc12. The van der Waals surface area contributed by atoms with Gasteiger partial charge >= 0.3 is 0 Å². The van der Waals surface area contributed by atoms with E-state index in [1.54, 1.807) is 11.3 Å². The molecule has 7 heteroatoms. The number of carbonyl (C=O) groups excluding carboxylic acids is 1. The van der Waals surface area contributed by atoms with Crippen molar-refractivity contribution in [1.29, 1.82) is 0 Å². The molecular formula is C20H26ClN3O2S. The lowest BCUT2D eigenvalue weighted by atomic mass is 9.96. The zero-order chi connectivity index (χ0) is 19.0. The van der Waals surface area contributed by atoms with E-state index in [9.17, 15) is 4.79 Å². The third kappa shape index (κ3) is 3.93. The number of amides is 1. The molecule has 1 aromatic carbocycles. The minimum absolute atomic E-state index is 0.0609. The van der Waals surface area contributed by atoms with Gasteiger partial charge in [-0.15, -0.1) is 0 Å². The predicted octanol–water partition coefficient (Wildman–Crippen LogP) is 3.97. The Balaban J connectivity index is 1.35. The minimum atomic E-state index is 0.0609. The molecule has 2 aliphatic rings. The summed E-state index contributed by atoms with van der Waals surface area (Å²) in [7, 11) is 1.94. The van der Waals surface area contributed by atoms with Crippen LogP contribution < -0.4 is 4.90 Å². The summed E-state index contributed by atoms with van der Waals surface area (Å²) in [5, 5.41) is 1.84. The van der Waals surface area contributed by atoms with E-state index >= 15 is 0 Å². The van der Waals surface area contributed by atoms with Gasteiger partial charge in [-0.2, -0.15) is 0 Å². The van der Waals surface area contributed by atoms with Crippen LogP contribution in [0.25, 0.3) is 10.2 Å². The van der Waals surface area contributed by atoms with E-state index in [4.69, 9.17) is 21.3 Å². The maximum Gasteiger partial charge on any atom is 0.227 e. The molecule has 2 aromatic rings. The predicted molar refractivity (Wildman–Crippen MR) is 111 cm³/mol. The Bertz CT molecular complexity index is 787. The number of halogens is 1. The second-order valence-corrected chi connectivity index (χ2v) is 9.13. The smallest absolute Gasteiger partial charge is 0.227 e. The molecule has 1 amide bonds. The third-order valence-electron chi connectivity index (χ3n) is 5.76. The van der Waals surface area contributed by atoms with Crippen molar-refractivity contribution < 1.29 is 9.53 Å². The molecule has 2 fully saturated rings. The topological polar surface area (TPSA) is 45.7 Å². The van der Waals surface area contributed by atoms with Crippen molar-refractivity contribution in [2.24, 2.45) is 11.8 Å². The van der Waals surface area contributed by atoms with Gasteiger partial charge in [-0.1, -0.05) is 29.0 Å². The molecule has 1 atom stereocenters. The number of hydrogen-bond acceptors (Lipinski definition) is 5. The lowest BCUT2D eigenvalue weighted by Crippen LogP contribution is -2.41. The number of carbonyl (C=O) groups is 1. The molecular weight excluding hydrogens is 382 g/mol. The first-order chi connectivity index (χ1) is 13.0. The first kappa shape index (κ1) is 19.0. The number of benzene rings is 1. The second-order valence-electron chi connectivity index (χ2n) is 7.75. The number of thiazole rings is 1. The minimum Gasteiger partial charge on any atom is -0.381 e. The van der Waals surface area contributed by atoms with Crippen LogP contribution in [0.2, 0.25) is 5.02 Å². The molecule has 2 aliphatic heterocycles. The summed E-state index contributed by atoms with van der Waals surface area (Å²) in [6, 6.07) is 3.98. The first-order valence-electron chi connectivity index (χ1n) is 9.66. The van der Waals surface area contributed by atoms with Crippen LogP contribution in [0.15, 0.2) is 12.1 Å². The van der Waals surface area contributed by atoms with Gasteiger partial charge in [0, 0.05) is 33.3 Å². The van der Waals surface area contributed by atoms with Crippen LogP contribution in [0.3, 0.4) is 0 Å². The van der Waals surface area contributed by atoms with E-state index in [2.05, 4.69) is 11.8 Å². The Kier molecular flexibility index (Phi) is 5.58. The van der Waals surface area contributed by atoms with E-state index < -0.39 is 0 Å². The van der Waals surface area contributed by atoms with E-state index in [-0.39, 0.29) is 11.8 Å². The summed E-state index contributed by atoms with van der Waals surface area (Å²) in [6.45, 7) is 6.19. The average molecular weight is 408 g/mol. The number of fused-ring (bicyclic) bond motifs is 1. The highest BCUT2D eigenvalue weighted by Gasteiger charge is 2.29. The van der Waals surface area contributed by atoms with Gasteiger partial charge in [0.15, 0.2) is 5.13 Å². The summed E-state index contributed by atoms with van der Waals surface area (Å²) >= 11 is 8.04. The van der Waals surface area contributed by atoms with Gasteiger partial charge in [0.1, 0.15) is 0 Å². The highest BCUT2D eigenvalue weighted by atomic mass is 35.5. The number of piperidine rings is 1. The van der Waals surface area contributed by atoms with Crippen LogP contribution in [0, 0.1) is 18.8 Å². The largest absolute Gasteiger partial charge is 0.381 e. The zero-order valence-corrected chi connectivity index (χ0v) is 17.5. The van der Waals surface area contributed by atoms with Crippen molar-refractivity contribution in [3.8, 4) is 0 Å². The summed E-state index contributed by atoms with van der Waals surface area (Å²) < 4.78 is 6.44. The third-order valence-corrected chi connectivity index (χ3v) is 7.33. The van der Waals surface area contributed by atoms with Crippen LogP contribution in [0.5, 0.6) is 0 Å². The Hall–Kier alpha value is -1.37. The van der Waals surface area contributed by atoms with Gasteiger partial charge < -0.3 is 14.5 Å². The number of aryl methyl sites for hydroxylation is 1. The molecule has 27 heavy (non-hydrogen) atoms. The second kappa shape index (κ2) is 7.94. The van der Waals surface area contributed by atoms with Crippen LogP contribution in [0.1, 0.15) is 24.8 Å². The molecule has 0 aliphatic carbocycles. The normalized spacial score (nSPS) is 21.1. The summed E-state index contributed by atoms with van der Waals surface area (Å²) in [5.74, 6) is 0.856. The Morgan fingerprint density at radius 1 is 1.37 bits per heavy atom. The molecule has 0 radical (unpaired) electrons. The van der Waals surface area contributed by atoms with Gasteiger partial charge in [-0.3, -0.25) is 4.79 Å². The van der Waals surface area contributed by atoms with Crippen molar-refractivity contribution in [2.75, 3.05) is 44.8 Å². The lowest BCUT2D eigenvalue weighted by Gasteiger charge is -2.34. The number of rotatable bonds is 4. The molecule has 4 rings (SSSR count). The zero-order valence-electron chi connectivity index (χ0n) is 15.9. The standard InChI is InChI=1S/C20H26ClN3O2S/c1-13-3-4-16(21)18-17(13)22-20(27-18)24-8-5-14(6-9-24)11-23(2)19(25)15-7-10-26-12-15/h3-4,14-15H,5-12H2,1-2H3. The van der Waals surface area contributed by atoms with Gasteiger partial charge in [0.05, 0.1) is 27.8 Å². The number of hydrogen-bond donors (Lipinski definition) is 0. The van der Waals surface area contributed by atoms with Gasteiger partial charge in [0.2, 0.25) is 5.91 Å². The van der Waals surface area contributed by atoms with Gasteiger partial charge in [0.25, 0.3) is 0 Å². The molecule has 0 spiro atoms. The Morgan fingerprint density at radius 2 is 2.15 bits per heavy atom. The van der Waals surface area contributed by atoms with Crippen LogP contribution >= 0.6 is 22.9 Å². The first-order valence-corrected chi connectivity index (χ1v) is 10.9. The highest BCUT2D eigenvalue weighted by molar-refractivity contribution is 7.22. The van der Waals surface area contributed by atoms with Crippen molar-refractivity contribution in [1.82, 2.24) is 9.88 Å². The molecule has 1 unspecified atom stereocenters. The van der Waals surface area contributed by atoms with E-state index in [1.807, 2.05) is 24.1 Å². The number of aromatic nitrogens is 1. The quantitative estimate of drug-likeness (QED) is 0.769. The maximum absolute atomic E-state index is 12.5. The molecule has 3 heterocycles. The lowest BCUT2D eigenvalue weighted by molar-refractivity contribution is -0.134. The Labute approximate surface area is 169 Å². The molecule has 146 valence electrons.